The van der Waals surface area contributed by atoms with Gasteiger partial charge in [0.25, 0.3) is 0 Å². The summed E-state index contributed by atoms with van der Waals surface area (Å²) in [5.41, 5.74) is 2.82. The van der Waals surface area contributed by atoms with Gasteiger partial charge >= 0.3 is 5.97 Å². The van der Waals surface area contributed by atoms with Crippen LogP contribution in [0, 0.1) is 0 Å². The fourth-order valence-electron chi connectivity index (χ4n) is 1.77. The molecule has 0 unspecified atom stereocenters. The molecule has 2 rings (SSSR count). The van der Waals surface area contributed by atoms with Gasteiger partial charge in [-0.1, -0.05) is 0 Å². The van der Waals surface area contributed by atoms with E-state index in [2.05, 4.69) is 5.32 Å². The van der Waals surface area contributed by atoms with E-state index in [1.54, 1.807) is 6.07 Å². The zero-order chi connectivity index (χ0) is 10.1. The van der Waals surface area contributed by atoms with E-state index in [0.717, 1.165) is 24.2 Å². The van der Waals surface area contributed by atoms with Crippen molar-refractivity contribution in [2.24, 2.45) is 0 Å². The van der Waals surface area contributed by atoms with Crippen molar-refractivity contribution < 1.29 is 15.0 Å². The van der Waals surface area contributed by atoms with E-state index in [1.165, 1.54) is 6.07 Å². The second-order valence-electron chi connectivity index (χ2n) is 3.30. The molecule has 4 heteroatoms. The maximum Gasteiger partial charge on any atom is 0.335 e. The molecule has 0 saturated heterocycles. The van der Waals surface area contributed by atoms with E-state index < -0.39 is 5.97 Å². The molecule has 1 aromatic rings. The Morgan fingerprint density at radius 1 is 1.50 bits per heavy atom. The molecule has 0 spiro atoms. The molecule has 4 nitrogen and oxygen atoms in total. The topological polar surface area (TPSA) is 69.6 Å². The average Bonchev–Trinajstić information content (AvgIpc) is 2.63. The lowest BCUT2D eigenvalue weighted by atomic mass is 10.0. The first-order valence-electron chi connectivity index (χ1n) is 4.46. The molecule has 0 aliphatic carbocycles. The number of aliphatic hydroxyl groups excluding tert-OH is 1. The van der Waals surface area contributed by atoms with Gasteiger partial charge in [0.15, 0.2) is 0 Å². The summed E-state index contributed by atoms with van der Waals surface area (Å²) in [7, 11) is 0. The van der Waals surface area contributed by atoms with Gasteiger partial charge in [-0.25, -0.2) is 4.79 Å². The number of benzene rings is 1. The van der Waals surface area contributed by atoms with Crippen LogP contribution >= 0.6 is 0 Å². The number of hydrogen-bond donors (Lipinski definition) is 3. The molecule has 1 heterocycles. The van der Waals surface area contributed by atoms with Crippen LogP contribution in [0.3, 0.4) is 0 Å². The fourth-order valence-corrected chi connectivity index (χ4v) is 1.77. The Hall–Kier alpha value is -1.55. The van der Waals surface area contributed by atoms with Crippen LogP contribution in [0.4, 0.5) is 5.69 Å². The summed E-state index contributed by atoms with van der Waals surface area (Å²) in [6, 6.07) is 3.15. The molecule has 1 aliphatic heterocycles. The lowest BCUT2D eigenvalue weighted by Crippen LogP contribution is -2.01. The Kier molecular flexibility index (Phi) is 2.13. The minimum atomic E-state index is -0.962. The molecule has 0 radical (unpaired) electrons. The van der Waals surface area contributed by atoms with Gasteiger partial charge in [-0.2, -0.15) is 0 Å². The molecule has 0 atom stereocenters. The second kappa shape index (κ2) is 3.31. The predicted molar refractivity (Wildman–Crippen MR) is 51.5 cm³/mol. The monoisotopic (exact) mass is 193 g/mol. The third-order valence-electron chi connectivity index (χ3n) is 2.45. The zero-order valence-corrected chi connectivity index (χ0v) is 7.58. The standard InChI is InChI=1S/C10H11NO3/c12-5-7-3-6(10(13)14)4-9-8(7)1-2-11-9/h3-4,11-12H,1-2,5H2,(H,13,14). The van der Waals surface area contributed by atoms with Gasteiger partial charge in [0.1, 0.15) is 0 Å². The van der Waals surface area contributed by atoms with Crippen molar-refractivity contribution in [1.82, 2.24) is 0 Å². The van der Waals surface area contributed by atoms with E-state index in [4.69, 9.17) is 10.2 Å². The Balaban J connectivity index is 2.54. The van der Waals surface area contributed by atoms with E-state index in [9.17, 15) is 4.79 Å². The van der Waals surface area contributed by atoms with Gasteiger partial charge in [-0.15, -0.1) is 0 Å². The van der Waals surface area contributed by atoms with Crippen LogP contribution in [0.15, 0.2) is 12.1 Å². The minimum Gasteiger partial charge on any atom is -0.478 e. The average molecular weight is 193 g/mol. The normalized spacial score (nSPS) is 13.5. The molecule has 0 amide bonds. The Bertz CT molecular complexity index is 387. The van der Waals surface area contributed by atoms with Crippen LogP contribution < -0.4 is 5.32 Å². The van der Waals surface area contributed by atoms with Crippen LogP contribution in [-0.2, 0) is 13.0 Å². The fraction of sp³-hybridized carbons (Fsp3) is 0.300. The first-order valence-corrected chi connectivity index (χ1v) is 4.46. The summed E-state index contributed by atoms with van der Waals surface area (Å²) in [5.74, 6) is -0.962. The number of anilines is 1. The van der Waals surface area contributed by atoms with Crippen LogP contribution in [-0.4, -0.2) is 22.7 Å². The first-order chi connectivity index (χ1) is 6.72. The van der Waals surface area contributed by atoms with E-state index in [0.29, 0.717) is 5.56 Å². The smallest absolute Gasteiger partial charge is 0.335 e. The van der Waals surface area contributed by atoms with Crippen molar-refractivity contribution in [2.45, 2.75) is 13.0 Å². The summed E-state index contributed by atoms with van der Waals surface area (Å²) in [6.45, 7) is 0.705. The van der Waals surface area contributed by atoms with Gasteiger partial charge < -0.3 is 15.5 Å². The lowest BCUT2D eigenvalue weighted by molar-refractivity contribution is 0.0696. The van der Waals surface area contributed by atoms with Crippen LogP contribution in [0.25, 0.3) is 0 Å². The first kappa shape index (κ1) is 9.02. The number of carboxylic acid groups (broad SMARTS) is 1. The van der Waals surface area contributed by atoms with Gasteiger partial charge in [0, 0.05) is 12.2 Å². The van der Waals surface area contributed by atoms with E-state index in [-0.39, 0.29) is 12.2 Å². The molecule has 0 bridgehead atoms. The SMILES string of the molecule is O=C(O)c1cc(CO)c2c(c1)NCC2. The molecule has 1 aliphatic rings. The molecule has 0 saturated carbocycles. The summed E-state index contributed by atoms with van der Waals surface area (Å²) in [6.07, 6.45) is 0.852. The molecular formula is C10H11NO3. The number of carbonyl (C=O) groups is 1. The molecule has 1 aromatic carbocycles. The highest BCUT2D eigenvalue weighted by Gasteiger charge is 2.17. The lowest BCUT2D eigenvalue weighted by Gasteiger charge is -2.06. The van der Waals surface area contributed by atoms with Crippen molar-refractivity contribution in [3.8, 4) is 0 Å². The van der Waals surface area contributed by atoms with Gasteiger partial charge in [0.2, 0.25) is 0 Å². The van der Waals surface area contributed by atoms with Gasteiger partial charge in [-0.3, -0.25) is 0 Å². The number of aliphatic hydroxyl groups is 1. The summed E-state index contributed by atoms with van der Waals surface area (Å²) < 4.78 is 0. The Labute approximate surface area is 81.2 Å². The number of fused-ring (bicyclic) bond motifs is 1. The summed E-state index contributed by atoms with van der Waals surface area (Å²) in [5, 5.41) is 21.0. The zero-order valence-electron chi connectivity index (χ0n) is 7.58. The predicted octanol–water partition coefficient (Wildman–Crippen LogP) is 0.845. The number of aromatic carboxylic acids is 1. The Morgan fingerprint density at radius 2 is 2.29 bits per heavy atom. The minimum absolute atomic E-state index is 0.106. The maximum atomic E-state index is 10.8. The highest BCUT2D eigenvalue weighted by molar-refractivity contribution is 5.90. The summed E-state index contributed by atoms with van der Waals surface area (Å²) >= 11 is 0. The number of hydrogen-bond acceptors (Lipinski definition) is 3. The number of nitrogens with one attached hydrogen (secondary N) is 1. The number of rotatable bonds is 2. The van der Waals surface area contributed by atoms with Crippen molar-refractivity contribution in [3.63, 3.8) is 0 Å². The molecule has 3 N–H and O–H groups in total. The largest absolute Gasteiger partial charge is 0.478 e. The second-order valence-corrected chi connectivity index (χ2v) is 3.30. The molecule has 0 fully saturated rings. The van der Waals surface area contributed by atoms with Crippen LogP contribution in [0.1, 0.15) is 21.5 Å². The van der Waals surface area contributed by atoms with Crippen molar-refractivity contribution >= 4 is 11.7 Å². The third-order valence-corrected chi connectivity index (χ3v) is 2.45. The quantitative estimate of drug-likeness (QED) is 0.651. The van der Waals surface area contributed by atoms with Crippen molar-refractivity contribution in [2.75, 3.05) is 11.9 Å². The van der Waals surface area contributed by atoms with Crippen molar-refractivity contribution in [3.05, 3.63) is 28.8 Å². The van der Waals surface area contributed by atoms with Crippen LogP contribution in [0.5, 0.6) is 0 Å². The van der Waals surface area contributed by atoms with Crippen LogP contribution in [0.2, 0.25) is 0 Å². The molecule has 0 aromatic heterocycles. The third kappa shape index (κ3) is 1.33. The maximum absolute atomic E-state index is 10.8. The number of carboxylic acids is 1. The Morgan fingerprint density at radius 3 is 2.93 bits per heavy atom. The molecular weight excluding hydrogens is 182 g/mol. The highest BCUT2D eigenvalue weighted by Crippen LogP contribution is 2.27. The van der Waals surface area contributed by atoms with Crippen molar-refractivity contribution in [1.29, 1.82) is 0 Å². The molecule has 14 heavy (non-hydrogen) atoms. The molecule has 74 valence electrons. The van der Waals surface area contributed by atoms with E-state index in [1.807, 2.05) is 0 Å². The summed E-state index contributed by atoms with van der Waals surface area (Å²) in [4.78, 5) is 10.8. The van der Waals surface area contributed by atoms with Gasteiger partial charge in [0.05, 0.1) is 12.2 Å². The van der Waals surface area contributed by atoms with E-state index >= 15 is 0 Å². The highest BCUT2D eigenvalue weighted by atomic mass is 16.4. The van der Waals surface area contributed by atoms with Gasteiger partial charge in [-0.05, 0) is 29.7 Å².